The Kier molecular flexibility index (Phi) is 4.55. The van der Waals surface area contributed by atoms with Gasteiger partial charge in [-0.05, 0) is 19.3 Å². The molecule has 0 amide bonds. The minimum Gasteiger partial charge on any atom is -0.378 e. The molecule has 0 aliphatic heterocycles. The molecule has 0 bridgehead atoms. The van der Waals surface area contributed by atoms with E-state index in [-0.39, 0.29) is 11.4 Å². The van der Waals surface area contributed by atoms with Crippen LogP contribution in [0.3, 0.4) is 0 Å². The molecule has 0 aromatic carbocycles. The minimum absolute atomic E-state index is 0.163. The van der Waals surface area contributed by atoms with E-state index in [1.807, 2.05) is 0 Å². The molecule has 90 valence electrons. The summed E-state index contributed by atoms with van der Waals surface area (Å²) in [6.07, 6.45) is 3.65. The standard InChI is InChI=1S/C10H21NO3S/c1-4-5-6-14-9-7-10(8-9)15(12,13)11(2)3/h9-10H,4-8H2,1-3H3. The lowest BCUT2D eigenvalue weighted by Crippen LogP contribution is -2.45. The van der Waals surface area contributed by atoms with Gasteiger partial charge in [0, 0.05) is 20.7 Å². The highest BCUT2D eigenvalue weighted by molar-refractivity contribution is 7.89. The third kappa shape index (κ3) is 3.16. The highest BCUT2D eigenvalue weighted by atomic mass is 32.2. The van der Waals surface area contributed by atoms with Crippen LogP contribution in [-0.4, -0.2) is 44.8 Å². The molecule has 15 heavy (non-hydrogen) atoms. The largest absolute Gasteiger partial charge is 0.378 e. The van der Waals surface area contributed by atoms with Crippen molar-refractivity contribution in [2.45, 2.75) is 44.0 Å². The first-order chi connectivity index (χ1) is 6.98. The van der Waals surface area contributed by atoms with E-state index < -0.39 is 10.0 Å². The molecule has 0 unspecified atom stereocenters. The quantitative estimate of drug-likeness (QED) is 0.650. The molecule has 5 heteroatoms. The van der Waals surface area contributed by atoms with Crippen molar-refractivity contribution >= 4 is 10.0 Å². The van der Waals surface area contributed by atoms with E-state index in [0.717, 1.165) is 19.4 Å². The third-order valence-corrected chi connectivity index (χ3v) is 5.08. The monoisotopic (exact) mass is 235 g/mol. The first kappa shape index (κ1) is 12.9. The predicted octanol–water partition coefficient (Wildman–Crippen LogP) is 1.23. The number of ether oxygens (including phenoxy) is 1. The Morgan fingerprint density at radius 1 is 1.33 bits per heavy atom. The zero-order valence-corrected chi connectivity index (χ0v) is 10.6. The maximum Gasteiger partial charge on any atom is 0.216 e. The molecule has 0 saturated heterocycles. The van der Waals surface area contributed by atoms with Gasteiger partial charge in [0.1, 0.15) is 0 Å². The van der Waals surface area contributed by atoms with E-state index in [9.17, 15) is 8.42 Å². The molecule has 1 aliphatic carbocycles. The fraction of sp³-hybridized carbons (Fsp3) is 1.00. The number of hydrogen-bond acceptors (Lipinski definition) is 3. The third-order valence-electron chi connectivity index (χ3n) is 2.83. The van der Waals surface area contributed by atoms with Gasteiger partial charge in [-0.3, -0.25) is 0 Å². The first-order valence-electron chi connectivity index (χ1n) is 5.51. The van der Waals surface area contributed by atoms with Crippen LogP contribution in [0.4, 0.5) is 0 Å². The van der Waals surface area contributed by atoms with Gasteiger partial charge in [-0.2, -0.15) is 0 Å². The first-order valence-corrected chi connectivity index (χ1v) is 7.01. The van der Waals surface area contributed by atoms with Crippen LogP contribution in [0, 0.1) is 0 Å². The van der Waals surface area contributed by atoms with E-state index in [1.54, 1.807) is 14.1 Å². The Morgan fingerprint density at radius 3 is 2.40 bits per heavy atom. The summed E-state index contributed by atoms with van der Waals surface area (Å²) >= 11 is 0. The zero-order chi connectivity index (χ0) is 11.5. The number of sulfonamides is 1. The van der Waals surface area contributed by atoms with Crippen molar-refractivity contribution in [3.05, 3.63) is 0 Å². The predicted molar refractivity (Wildman–Crippen MR) is 60.3 cm³/mol. The van der Waals surface area contributed by atoms with E-state index in [1.165, 1.54) is 4.31 Å². The average Bonchev–Trinajstić information content (AvgIpc) is 2.08. The highest BCUT2D eigenvalue weighted by Gasteiger charge is 2.40. The van der Waals surface area contributed by atoms with Gasteiger partial charge in [0.2, 0.25) is 10.0 Å². The second kappa shape index (κ2) is 5.27. The summed E-state index contributed by atoms with van der Waals surface area (Å²) < 4.78 is 30.2. The van der Waals surface area contributed by atoms with Crippen molar-refractivity contribution in [2.75, 3.05) is 20.7 Å². The number of hydrogen-bond donors (Lipinski definition) is 0. The molecule has 0 aromatic heterocycles. The lowest BCUT2D eigenvalue weighted by molar-refractivity contribution is 0.00267. The smallest absolute Gasteiger partial charge is 0.216 e. The summed E-state index contributed by atoms with van der Waals surface area (Å²) in [5.74, 6) is 0. The summed E-state index contributed by atoms with van der Waals surface area (Å²) in [5.41, 5.74) is 0. The van der Waals surface area contributed by atoms with Gasteiger partial charge in [-0.15, -0.1) is 0 Å². The van der Waals surface area contributed by atoms with E-state index >= 15 is 0 Å². The van der Waals surface area contributed by atoms with Crippen molar-refractivity contribution in [3.8, 4) is 0 Å². The Balaban J connectivity index is 2.26. The van der Waals surface area contributed by atoms with Crippen LogP contribution in [-0.2, 0) is 14.8 Å². The van der Waals surface area contributed by atoms with Crippen molar-refractivity contribution in [1.82, 2.24) is 4.31 Å². The van der Waals surface area contributed by atoms with Crippen molar-refractivity contribution in [1.29, 1.82) is 0 Å². The molecule has 0 heterocycles. The summed E-state index contributed by atoms with van der Waals surface area (Å²) in [7, 11) is 0.118. The molecule has 0 N–H and O–H groups in total. The fourth-order valence-corrected chi connectivity index (χ4v) is 3.10. The van der Waals surface area contributed by atoms with Crippen LogP contribution in [0.2, 0.25) is 0 Å². The number of nitrogens with zero attached hydrogens (tertiary/aromatic N) is 1. The van der Waals surface area contributed by atoms with Crippen LogP contribution < -0.4 is 0 Å². The summed E-state index contributed by atoms with van der Waals surface area (Å²) in [6, 6.07) is 0. The summed E-state index contributed by atoms with van der Waals surface area (Å²) in [4.78, 5) is 0. The van der Waals surface area contributed by atoms with Crippen LogP contribution in [0.25, 0.3) is 0 Å². The van der Waals surface area contributed by atoms with Gasteiger partial charge in [0.15, 0.2) is 0 Å². The Hall–Kier alpha value is -0.130. The van der Waals surface area contributed by atoms with Crippen LogP contribution in [0.1, 0.15) is 32.6 Å². The topological polar surface area (TPSA) is 46.6 Å². The van der Waals surface area contributed by atoms with Gasteiger partial charge >= 0.3 is 0 Å². The molecular formula is C10H21NO3S. The zero-order valence-electron chi connectivity index (χ0n) is 9.77. The summed E-state index contributed by atoms with van der Waals surface area (Å²) in [6.45, 7) is 2.87. The average molecular weight is 235 g/mol. The van der Waals surface area contributed by atoms with Gasteiger partial charge in [-0.1, -0.05) is 13.3 Å². The molecule has 1 aliphatic rings. The molecule has 0 radical (unpaired) electrons. The van der Waals surface area contributed by atoms with E-state index in [2.05, 4.69) is 6.92 Å². The number of rotatable bonds is 6. The lowest BCUT2D eigenvalue weighted by atomic mass is 9.95. The normalized spacial score (nSPS) is 26.7. The van der Waals surface area contributed by atoms with Crippen LogP contribution >= 0.6 is 0 Å². The van der Waals surface area contributed by atoms with Crippen molar-refractivity contribution < 1.29 is 13.2 Å². The lowest BCUT2D eigenvalue weighted by Gasteiger charge is -2.35. The van der Waals surface area contributed by atoms with Crippen molar-refractivity contribution in [2.24, 2.45) is 0 Å². The van der Waals surface area contributed by atoms with Crippen molar-refractivity contribution in [3.63, 3.8) is 0 Å². The van der Waals surface area contributed by atoms with Crippen LogP contribution in [0.5, 0.6) is 0 Å². The molecular weight excluding hydrogens is 214 g/mol. The molecule has 1 saturated carbocycles. The van der Waals surface area contributed by atoms with Gasteiger partial charge in [-0.25, -0.2) is 12.7 Å². The fourth-order valence-electron chi connectivity index (χ4n) is 1.59. The molecule has 0 spiro atoms. The molecule has 0 aromatic rings. The Morgan fingerprint density at radius 2 is 1.93 bits per heavy atom. The Bertz CT molecular complexity index is 281. The second-order valence-corrected chi connectivity index (χ2v) is 6.69. The van der Waals surface area contributed by atoms with E-state index in [4.69, 9.17) is 4.74 Å². The van der Waals surface area contributed by atoms with E-state index in [0.29, 0.717) is 12.8 Å². The minimum atomic E-state index is -3.05. The van der Waals surface area contributed by atoms with Crippen LogP contribution in [0.15, 0.2) is 0 Å². The van der Waals surface area contributed by atoms with Gasteiger partial charge in [0.25, 0.3) is 0 Å². The molecule has 4 nitrogen and oxygen atoms in total. The molecule has 1 rings (SSSR count). The Labute approximate surface area is 92.7 Å². The maximum absolute atomic E-state index is 11.7. The number of unbranched alkanes of at least 4 members (excludes halogenated alkanes) is 1. The molecule has 1 fully saturated rings. The van der Waals surface area contributed by atoms with Gasteiger partial charge < -0.3 is 4.74 Å². The molecule has 0 atom stereocenters. The highest BCUT2D eigenvalue weighted by Crippen LogP contribution is 2.30. The SMILES string of the molecule is CCCCOC1CC(S(=O)(=O)N(C)C)C1. The summed E-state index contributed by atoms with van der Waals surface area (Å²) in [5, 5.41) is -0.223. The maximum atomic E-state index is 11.7. The van der Waals surface area contributed by atoms with Gasteiger partial charge in [0.05, 0.1) is 11.4 Å². The second-order valence-electron chi connectivity index (χ2n) is 4.27.